The highest BCUT2D eigenvalue weighted by atomic mass is 16.3. The Kier molecular flexibility index (Phi) is 5.14. The summed E-state index contributed by atoms with van der Waals surface area (Å²) in [4.78, 5) is 38.1. The van der Waals surface area contributed by atoms with E-state index in [0.29, 0.717) is 5.76 Å². The summed E-state index contributed by atoms with van der Waals surface area (Å²) in [6.45, 7) is 0.0964. The number of fused-ring (bicyclic) bond motifs is 1. The molecule has 0 radical (unpaired) electrons. The van der Waals surface area contributed by atoms with Crippen LogP contribution < -0.4 is 10.6 Å². The van der Waals surface area contributed by atoms with Crippen LogP contribution in [0.1, 0.15) is 48.6 Å². The molecule has 1 fully saturated rings. The maximum Gasteiger partial charge on any atom is 0.325 e. The third-order valence-corrected chi connectivity index (χ3v) is 5.37. The summed E-state index contributed by atoms with van der Waals surface area (Å²) in [6.07, 6.45) is 4.96. The molecule has 1 aromatic carbocycles. The standard InChI is InChI=1S/C21H23N3O4/c25-19(22-17-9-3-6-14-5-1-2-8-16(14)17)11-10-18-20(26)24(21(27)23-18)13-15-7-4-12-28-15/h1-2,4-5,7-8,12,17-18H,3,6,9-11,13H2,(H,22,25)(H,23,27)/t17-,18-/m0/s1. The Bertz CT molecular complexity index is 878. The number of amides is 4. The largest absolute Gasteiger partial charge is 0.467 e. The number of benzene rings is 1. The van der Waals surface area contributed by atoms with Crippen molar-refractivity contribution in [3.63, 3.8) is 0 Å². The van der Waals surface area contributed by atoms with Gasteiger partial charge in [-0.2, -0.15) is 0 Å². The predicted molar refractivity (Wildman–Crippen MR) is 101 cm³/mol. The highest BCUT2D eigenvalue weighted by Crippen LogP contribution is 2.29. The molecule has 0 spiro atoms. The van der Waals surface area contributed by atoms with Gasteiger partial charge in [0, 0.05) is 6.42 Å². The Morgan fingerprint density at radius 1 is 1.21 bits per heavy atom. The first-order chi connectivity index (χ1) is 13.6. The van der Waals surface area contributed by atoms with Crippen molar-refractivity contribution >= 4 is 17.8 Å². The number of carbonyl (C=O) groups excluding carboxylic acids is 3. The highest BCUT2D eigenvalue weighted by molar-refractivity contribution is 6.04. The number of imide groups is 1. The van der Waals surface area contributed by atoms with E-state index in [1.807, 2.05) is 12.1 Å². The van der Waals surface area contributed by atoms with Gasteiger partial charge in [0.1, 0.15) is 11.8 Å². The fraction of sp³-hybridized carbons (Fsp3) is 0.381. The van der Waals surface area contributed by atoms with E-state index in [1.54, 1.807) is 12.1 Å². The molecule has 0 saturated carbocycles. The van der Waals surface area contributed by atoms with E-state index in [2.05, 4.69) is 22.8 Å². The van der Waals surface area contributed by atoms with Crippen molar-refractivity contribution in [3.05, 3.63) is 59.5 Å². The summed E-state index contributed by atoms with van der Waals surface area (Å²) < 4.78 is 5.20. The molecule has 1 aliphatic carbocycles. The average Bonchev–Trinajstić information content (AvgIpc) is 3.30. The van der Waals surface area contributed by atoms with Crippen LogP contribution in [0.15, 0.2) is 47.1 Å². The molecule has 1 saturated heterocycles. The Morgan fingerprint density at radius 2 is 2.07 bits per heavy atom. The van der Waals surface area contributed by atoms with Crippen LogP contribution in [0.25, 0.3) is 0 Å². The van der Waals surface area contributed by atoms with Gasteiger partial charge >= 0.3 is 6.03 Å². The number of nitrogens with one attached hydrogen (secondary N) is 2. The quantitative estimate of drug-likeness (QED) is 0.753. The minimum atomic E-state index is -0.674. The monoisotopic (exact) mass is 381 g/mol. The van der Waals surface area contributed by atoms with Crippen LogP contribution in [0, 0.1) is 0 Å². The smallest absolute Gasteiger partial charge is 0.325 e. The number of hydrogen-bond acceptors (Lipinski definition) is 4. The summed E-state index contributed by atoms with van der Waals surface area (Å²) in [5.41, 5.74) is 2.46. The lowest BCUT2D eigenvalue weighted by Gasteiger charge is -2.26. The number of rotatable bonds is 6. The second-order valence-electron chi connectivity index (χ2n) is 7.26. The van der Waals surface area contributed by atoms with E-state index in [-0.39, 0.29) is 37.2 Å². The Morgan fingerprint density at radius 3 is 2.89 bits per heavy atom. The molecule has 28 heavy (non-hydrogen) atoms. The number of aryl methyl sites for hydroxylation is 1. The zero-order valence-corrected chi connectivity index (χ0v) is 15.5. The number of nitrogens with zero attached hydrogens (tertiary/aromatic N) is 1. The zero-order chi connectivity index (χ0) is 19.5. The van der Waals surface area contributed by atoms with Gasteiger partial charge in [0.25, 0.3) is 5.91 Å². The van der Waals surface area contributed by atoms with Crippen molar-refractivity contribution in [2.45, 2.75) is 50.7 Å². The molecule has 4 amide bonds. The first kappa shape index (κ1) is 18.3. The molecule has 2 aliphatic rings. The summed E-state index contributed by atoms with van der Waals surface area (Å²) in [5.74, 6) is 0.114. The lowest BCUT2D eigenvalue weighted by molar-refractivity contribution is -0.128. The normalized spacial score (nSPS) is 21.4. The second kappa shape index (κ2) is 7.88. The second-order valence-corrected chi connectivity index (χ2v) is 7.26. The van der Waals surface area contributed by atoms with Crippen molar-refractivity contribution in [3.8, 4) is 0 Å². The maximum atomic E-state index is 12.5. The molecule has 2 aromatic rings. The van der Waals surface area contributed by atoms with E-state index in [0.717, 1.165) is 24.2 Å². The highest BCUT2D eigenvalue weighted by Gasteiger charge is 2.38. The molecule has 7 nitrogen and oxygen atoms in total. The fourth-order valence-corrected chi connectivity index (χ4v) is 3.93. The molecule has 2 N–H and O–H groups in total. The van der Waals surface area contributed by atoms with Gasteiger partial charge < -0.3 is 15.1 Å². The Balaban J connectivity index is 1.31. The van der Waals surface area contributed by atoms with Crippen LogP contribution in [0.2, 0.25) is 0 Å². The van der Waals surface area contributed by atoms with Crippen molar-refractivity contribution in [2.24, 2.45) is 0 Å². The third-order valence-electron chi connectivity index (χ3n) is 5.37. The van der Waals surface area contributed by atoms with E-state index in [9.17, 15) is 14.4 Å². The minimum absolute atomic E-state index is 0.0155. The summed E-state index contributed by atoms with van der Waals surface area (Å²) in [6, 6.07) is 10.5. The lowest BCUT2D eigenvalue weighted by Crippen LogP contribution is -2.34. The van der Waals surface area contributed by atoms with Crippen molar-refractivity contribution in [1.29, 1.82) is 0 Å². The van der Waals surface area contributed by atoms with Gasteiger partial charge in [0.15, 0.2) is 0 Å². The molecule has 1 aromatic heterocycles. The SMILES string of the molecule is O=C(CC[C@@H]1NC(=O)N(Cc2ccco2)C1=O)N[C@H]1CCCc2ccccc21. The summed E-state index contributed by atoms with van der Waals surface area (Å²) in [7, 11) is 0. The molecule has 146 valence electrons. The molecular weight excluding hydrogens is 358 g/mol. The molecule has 0 bridgehead atoms. The number of hydrogen-bond donors (Lipinski definition) is 2. The minimum Gasteiger partial charge on any atom is -0.467 e. The van der Waals surface area contributed by atoms with E-state index in [1.165, 1.54) is 17.4 Å². The third kappa shape index (κ3) is 3.78. The van der Waals surface area contributed by atoms with Crippen LogP contribution in [0.3, 0.4) is 0 Å². The Labute approximate surface area is 163 Å². The predicted octanol–water partition coefficient (Wildman–Crippen LogP) is 2.67. The molecule has 4 rings (SSSR count). The first-order valence-corrected chi connectivity index (χ1v) is 9.63. The Hall–Kier alpha value is -3.09. The van der Waals surface area contributed by atoms with E-state index >= 15 is 0 Å². The van der Waals surface area contributed by atoms with Crippen LogP contribution in [0.4, 0.5) is 4.79 Å². The number of urea groups is 1. The first-order valence-electron chi connectivity index (χ1n) is 9.63. The average molecular weight is 381 g/mol. The topological polar surface area (TPSA) is 91.7 Å². The van der Waals surface area contributed by atoms with Crippen LogP contribution in [-0.4, -0.2) is 28.8 Å². The number of carbonyl (C=O) groups is 3. The molecule has 7 heteroatoms. The van der Waals surface area contributed by atoms with Gasteiger partial charge in [-0.25, -0.2) is 4.79 Å². The molecule has 2 heterocycles. The van der Waals surface area contributed by atoms with Crippen LogP contribution in [0.5, 0.6) is 0 Å². The maximum absolute atomic E-state index is 12.5. The van der Waals surface area contributed by atoms with Crippen molar-refractivity contribution in [2.75, 3.05) is 0 Å². The van der Waals surface area contributed by atoms with Gasteiger partial charge in [-0.05, 0) is 48.9 Å². The van der Waals surface area contributed by atoms with E-state index < -0.39 is 12.1 Å². The molecule has 2 atom stereocenters. The van der Waals surface area contributed by atoms with Gasteiger partial charge in [-0.15, -0.1) is 0 Å². The lowest BCUT2D eigenvalue weighted by atomic mass is 9.87. The molecular formula is C21H23N3O4. The van der Waals surface area contributed by atoms with Crippen molar-refractivity contribution < 1.29 is 18.8 Å². The molecule has 0 unspecified atom stereocenters. The van der Waals surface area contributed by atoms with E-state index in [4.69, 9.17) is 4.42 Å². The summed E-state index contributed by atoms with van der Waals surface area (Å²) >= 11 is 0. The zero-order valence-electron chi connectivity index (χ0n) is 15.5. The van der Waals surface area contributed by atoms with Crippen LogP contribution >= 0.6 is 0 Å². The van der Waals surface area contributed by atoms with Gasteiger partial charge in [0.2, 0.25) is 5.91 Å². The van der Waals surface area contributed by atoms with Gasteiger partial charge in [-0.1, -0.05) is 24.3 Å². The van der Waals surface area contributed by atoms with Gasteiger partial charge in [-0.3, -0.25) is 14.5 Å². The summed E-state index contributed by atoms with van der Waals surface area (Å²) in [5, 5.41) is 5.74. The van der Waals surface area contributed by atoms with Gasteiger partial charge in [0.05, 0.1) is 18.8 Å². The molecule has 1 aliphatic heterocycles. The van der Waals surface area contributed by atoms with Crippen molar-refractivity contribution in [1.82, 2.24) is 15.5 Å². The van der Waals surface area contributed by atoms with Crippen LogP contribution in [-0.2, 0) is 22.6 Å². The number of furan rings is 1. The fourth-order valence-electron chi connectivity index (χ4n) is 3.93.